The van der Waals surface area contributed by atoms with Crippen LogP contribution in [0.15, 0.2) is 69.8 Å². The van der Waals surface area contributed by atoms with E-state index in [1.165, 1.54) is 16.4 Å². The van der Waals surface area contributed by atoms with Crippen molar-refractivity contribution in [3.63, 3.8) is 0 Å². The molecule has 27 heavy (non-hydrogen) atoms. The fraction of sp³-hybridized carbons (Fsp3) is 0.300. The van der Waals surface area contributed by atoms with Gasteiger partial charge in [-0.25, -0.2) is 16.8 Å². The van der Waals surface area contributed by atoms with Crippen LogP contribution >= 0.6 is 0 Å². The second kappa shape index (κ2) is 7.22. The van der Waals surface area contributed by atoms with Crippen molar-refractivity contribution < 1.29 is 16.8 Å². The van der Waals surface area contributed by atoms with Gasteiger partial charge in [-0.15, -0.1) is 0 Å². The van der Waals surface area contributed by atoms with Gasteiger partial charge in [-0.1, -0.05) is 42.0 Å². The van der Waals surface area contributed by atoms with Crippen LogP contribution in [0.1, 0.15) is 24.0 Å². The van der Waals surface area contributed by atoms with E-state index in [1.54, 1.807) is 36.4 Å². The van der Waals surface area contributed by atoms with Crippen LogP contribution in [-0.4, -0.2) is 33.7 Å². The van der Waals surface area contributed by atoms with Crippen molar-refractivity contribution in [2.75, 3.05) is 6.54 Å². The van der Waals surface area contributed by atoms with Crippen LogP contribution in [0, 0.1) is 13.8 Å². The zero-order chi connectivity index (χ0) is 19.8. The first kappa shape index (κ1) is 19.8. The summed E-state index contributed by atoms with van der Waals surface area (Å²) in [6, 6.07) is 12.3. The lowest BCUT2D eigenvalue weighted by atomic mass is 10.2. The van der Waals surface area contributed by atoms with Gasteiger partial charge in [0, 0.05) is 6.54 Å². The van der Waals surface area contributed by atoms with Gasteiger partial charge in [0.05, 0.1) is 20.7 Å². The summed E-state index contributed by atoms with van der Waals surface area (Å²) < 4.78 is 53.3. The fourth-order valence-corrected chi connectivity index (χ4v) is 6.40. The molecule has 0 aromatic heterocycles. The highest BCUT2D eigenvalue weighted by Gasteiger charge is 2.40. The topological polar surface area (TPSA) is 71.5 Å². The van der Waals surface area contributed by atoms with Crippen molar-refractivity contribution in [1.82, 2.24) is 4.31 Å². The summed E-state index contributed by atoms with van der Waals surface area (Å²) >= 11 is 0. The first-order chi connectivity index (χ1) is 12.6. The molecule has 1 atom stereocenters. The standard InChI is InChI=1S/C20H23NO4S2/c1-15-6-10-18(11-7-15)26(22,23)17(3)20-5-4-14-21(20)27(24,25)19-12-8-16(2)9-13-19/h6-13,20H,3-5,14H2,1-2H3. The van der Waals surface area contributed by atoms with Crippen LogP contribution in [0.25, 0.3) is 0 Å². The summed E-state index contributed by atoms with van der Waals surface area (Å²) in [5, 5.41) is 0. The van der Waals surface area contributed by atoms with Crippen molar-refractivity contribution in [2.24, 2.45) is 0 Å². The van der Waals surface area contributed by atoms with Gasteiger partial charge in [0.15, 0.2) is 0 Å². The number of aryl methyl sites for hydroxylation is 2. The maximum absolute atomic E-state index is 13.1. The molecule has 0 bridgehead atoms. The molecule has 0 spiro atoms. The van der Waals surface area contributed by atoms with Gasteiger partial charge in [-0.2, -0.15) is 4.31 Å². The van der Waals surface area contributed by atoms with Crippen LogP contribution < -0.4 is 0 Å². The van der Waals surface area contributed by atoms with Crippen LogP contribution in [0.5, 0.6) is 0 Å². The lowest BCUT2D eigenvalue weighted by Gasteiger charge is -2.25. The van der Waals surface area contributed by atoms with Crippen molar-refractivity contribution in [1.29, 1.82) is 0 Å². The number of benzene rings is 2. The summed E-state index contributed by atoms with van der Waals surface area (Å²) in [4.78, 5) is 0.234. The Bertz CT molecular complexity index is 1050. The summed E-state index contributed by atoms with van der Waals surface area (Å²) in [5.74, 6) is 0. The van der Waals surface area contributed by atoms with Crippen LogP contribution in [0.4, 0.5) is 0 Å². The Balaban J connectivity index is 1.95. The van der Waals surface area contributed by atoms with Gasteiger partial charge in [-0.3, -0.25) is 0 Å². The van der Waals surface area contributed by atoms with E-state index in [4.69, 9.17) is 0 Å². The highest BCUT2D eigenvalue weighted by molar-refractivity contribution is 7.95. The monoisotopic (exact) mass is 405 g/mol. The predicted molar refractivity (Wildman–Crippen MR) is 106 cm³/mol. The largest absolute Gasteiger partial charge is 0.243 e. The molecule has 5 nitrogen and oxygen atoms in total. The van der Waals surface area contributed by atoms with E-state index >= 15 is 0 Å². The molecule has 3 rings (SSSR count). The van der Waals surface area contributed by atoms with E-state index in [0.29, 0.717) is 12.8 Å². The molecule has 1 unspecified atom stereocenters. The Hall–Kier alpha value is -1.96. The third-order valence-electron chi connectivity index (χ3n) is 4.88. The fourth-order valence-electron chi connectivity index (χ4n) is 3.24. The molecule has 1 heterocycles. The van der Waals surface area contributed by atoms with E-state index in [0.717, 1.165) is 11.1 Å². The molecule has 1 aliphatic heterocycles. The molecule has 0 saturated carbocycles. The maximum atomic E-state index is 13.1. The van der Waals surface area contributed by atoms with E-state index < -0.39 is 25.9 Å². The van der Waals surface area contributed by atoms with Gasteiger partial charge in [-0.05, 0) is 51.0 Å². The van der Waals surface area contributed by atoms with E-state index in [-0.39, 0.29) is 21.2 Å². The normalized spacial score (nSPS) is 18.5. The Kier molecular flexibility index (Phi) is 5.29. The van der Waals surface area contributed by atoms with Crippen molar-refractivity contribution in [3.8, 4) is 0 Å². The van der Waals surface area contributed by atoms with E-state index in [1.807, 2.05) is 13.8 Å². The van der Waals surface area contributed by atoms with Crippen molar-refractivity contribution in [2.45, 2.75) is 42.5 Å². The predicted octanol–water partition coefficient (Wildman–Crippen LogP) is 3.44. The summed E-state index contributed by atoms with van der Waals surface area (Å²) in [6.07, 6.45) is 1.03. The first-order valence-electron chi connectivity index (χ1n) is 8.73. The van der Waals surface area contributed by atoms with Gasteiger partial charge >= 0.3 is 0 Å². The molecule has 0 amide bonds. The lowest BCUT2D eigenvalue weighted by molar-refractivity contribution is 0.427. The molecule has 1 aliphatic rings. The Morgan fingerprint density at radius 3 is 1.89 bits per heavy atom. The zero-order valence-electron chi connectivity index (χ0n) is 15.4. The molecule has 1 saturated heterocycles. The lowest BCUT2D eigenvalue weighted by Crippen LogP contribution is -2.38. The SMILES string of the molecule is C=C(C1CCCN1S(=O)(=O)c1ccc(C)cc1)S(=O)(=O)c1ccc(C)cc1. The number of sulfonamides is 1. The molecule has 0 aliphatic carbocycles. The average Bonchev–Trinajstić information content (AvgIpc) is 3.12. The Morgan fingerprint density at radius 1 is 0.889 bits per heavy atom. The van der Waals surface area contributed by atoms with Crippen LogP contribution in [-0.2, 0) is 19.9 Å². The number of nitrogens with zero attached hydrogens (tertiary/aromatic N) is 1. The molecular formula is C20H23NO4S2. The van der Waals surface area contributed by atoms with Crippen LogP contribution in [0.2, 0.25) is 0 Å². The highest BCUT2D eigenvalue weighted by atomic mass is 32.2. The molecule has 2 aromatic rings. The van der Waals surface area contributed by atoms with Crippen molar-refractivity contribution >= 4 is 19.9 Å². The minimum Gasteiger partial charge on any atom is -0.219 e. The minimum absolute atomic E-state index is 0.0699. The van der Waals surface area contributed by atoms with Crippen LogP contribution in [0.3, 0.4) is 0 Å². The molecule has 1 fully saturated rings. The molecule has 144 valence electrons. The smallest absolute Gasteiger partial charge is 0.219 e. The van der Waals surface area contributed by atoms with Gasteiger partial charge < -0.3 is 0 Å². The first-order valence-corrected chi connectivity index (χ1v) is 11.7. The zero-order valence-corrected chi connectivity index (χ0v) is 17.1. The number of hydrogen-bond donors (Lipinski definition) is 0. The summed E-state index contributed by atoms with van der Waals surface area (Å²) in [7, 11) is -7.61. The van der Waals surface area contributed by atoms with Gasteiger partial charge in [0.2, 0.25) is 19.9 Å². The molecule has 2 aromatic carbocycles. The second-order valence-electron chi connectivity index (χ2n) is 6.87. The number of rotatable bonds is 5. The van der Waals surface area contributed by atoms with Crippen molar-refractivity contribution in [3.05, 3.63) is 71.1 Å². The quantitative estimate of drug-likeness (QED) is 0.764. The molecule has 7 heteroatoms. The number of hydrogen-bond acceptors (Lipinski definition) is 4. The Labute approximate surface area is 161 Å². The van der Waals surface area contributed by atoms with Gasteiger partial charge in [0.1, 0.15) is 0 Å². The third-order valence-corrected chi connectivity index (χ3v) is 8.66. The average molecular weight is 406 g/mol. The second-order valence-corrected chi connectivity index (χ2v) is 10.8. The Morgan fingerprint density at radius 2 is 1.37 bits per heavy atom. The highest BCUT2D eigenvalue weighted by Crippen LogP contribution is 2.34. The van der Waals surface area contributed by atoms with Gasteiger partial charge in [0.25, 0.3) is 0 Å². The third kappa shape index (κ3) is 3.72. The summed E-state index contributed by atoms with van der Waals surface area (Å²) in [5.41, 5.74) is 1.90. The maximum Gasteiger partial charge on any atom is 0.243 e. The summed E-state index contributed by atoms with van der Waals surface area (Å²) in [6.45, 7) is 7.82. The molecular weight excluding hydrogens is 382 g/mol. The number of sulfone groups is 1. The molecule has 0 radical (unpaired) electrons. The van der Waals surface area contributed by atoms with E-state index in [2.05, 4.69) is 6.58 Å². The minimum atomic E-state index is -3.82. The molecule has 0 N–H and O–H groups in total. The van der Waals surface area contributed by atoms with E-state index in [9.17, 15) is 16.8 Å².